The van der Waals surface area contributed by atoms with Crippen molar-refractivity contribution in [3.8, 4) is 11.5 Å². The molecular formula is C15H19BF3O2-. The molecule has 0 N–H and O–H groups in total. The second kappa shape index (κ2) is 6.92. The van der Waals surface area contributed by atoms with Gasteiger partial charge in [-0.1, -0.05) is 18.0 Å². The highest BCUT2D eigenvalue weighted by Crippen LogP contribution is 2.25. The molecule has 0 aliphatic heterocycles. The lowest BCUT2D eigenvalue weighted by Gasteiger charge is -2.24. The number of rotatable bonds is 4. The number of hydrogen-bond donors (Lipinski definition) is 0. The van der Waals surface area contributed by atoms with Gasteiger partial charge in [-0.05, 0) is 50.0 Å². The number of ether oxygens (including phenoxy) is 2. The van der Waals surface area contributed by atoms with E-state index < -0.39 is 12.4 Å². The van der Waals surface area contributed by atoms with Crippen LogP contribution in [-0.2, 0) is 0 Å². The van der Waals surface area contributed by atoms with E-state index >= 15 is 0 Å². The quantitative estimate of drug-likeness (QED) is 0.617. The van der Waals surface area contributed by atoms with Crippen LogP contribution in [0.25, 0.3) is 0 Å². The fourth-order valence-corrected chi connectivity index (χ4v) is 2.41. The van der Waals surface area contributed by atoms with Crippen LogP contribution < -0.4 is 14.9 Å². The molecular weight excluding hydrogens is 280 g/mol. The molecule has 2 rings (SSSR count). The van der Waals surface area contributed by atoms with Crippen LogP contribution in [0.5, 0.6) is 11.5 Å². The van der Waals surface area contributed by atoms with Crippen molar-refractivity contribution < 1.29 is 22.4 Å². The van der Waals surface area contributed by atoms with Crippen molar-refractivity contribution in [2.24, 2.45) is 0 Å². The summed E-state index contributed by atoms with van der Waals surface area (Å²) in [5.41, 5.74) is -0.732. The van der Waals surface area contributed by atoms with E-state index in [4.69, 9.17) is 9.47 Å². The highest BCUT2D eigenvalue weighted by Gasteiger charge is 2.30. The van der Waals surface area contributed by atoms with Crippen molar-refractivity contribution in [2.45, 2.75) is 38.2 Å². The van der Waals surface area contributed by atoms with Gasteiger partial charge in [0.2, 0.25) is 0 Å². The van der Waals surface area contributed by atoms with Crippen LogP contribution >= 0.6 is 0 Å². The minimum Gasteiger partial charge on any atom is -0.497 e. The minimum absolute atomic E-state index is 0.112. The van der Waals surface area contributed by atoms with Gasteiger partial charge in [-0.3, -0.25) is 0 Å². The first kappa shape index (κ1) is 15.8. The van der Waals surface area contributed by atoms with Crippen LogP contribution in [0.4, 0.5) is 12.9 Å². The van der Waals surface area contributed by atoms with Crippen molar-refractivity contribution >= 4 is 12.4 Å². The molecule has 1 aromatic carbocycles. The summed E-state index contributed by atoms with van der Waals surface area (Å²) >= 11 is 0. The van der Waals surface area contributed by atoms with Crippen molar-refractivity contribution in [1.29, 1.82) is 0 Å². The fraction of sp³-hybridized carbons (Fsp3) is 0.467. The van der Waals surface area contributed by atoms with Gasteiger partial charge in [-0.2, -0.15) is 0 Å². The van der Waals surface area contributed by atoms with Gasteiger partial charge in [0.05, 0.1) is 12.9 Å². The van der Waals surface area contributed by atoms with Gasteiger partial charge in [-0.25, -0.2) is 0 Å². The lowest BCUT2D eigenvalue weighted by atomic mass is 9.79. The first-order chi connectivity index (χ1) is 10.0. The normalized spacial score (nSPS) is 21.2. The summed E-state index contributed by atoms with van der Waals surface area (Å²) in [4.78, 5) is 0. The number of benzene rings is 1. The summed E-state index contributed by atoms with van der Waals surface area (Å²) in [5, 5.41) is 0. The van der Waals surface area contributed by atoms with Crippen LogP contribution in [-0.4, -0.2) is 20.2 Å². The molecule has 1 aliphatic carbocycles. The standard InChI is InChI=1S/C15H19BF3O2/c1-20-13-9-10-15(14(11-13)16(17,18)19)21-12-7-5-3-2-4-6-8-12/h5,7,9-12H,2-4,6,8H2,1H3/q-1/b7-5+. The molecule has 0 fully saturated rings. The van der Waals surface area contributed by atoms with Gasteiger partial charge in [0.1, 0.15) is 11.9 Å². The molecule has 0 spiro atoms. The third kappa shape index (κ3) is 4.44. The zero-order valence-electron chi connectivity index (χ0n) is 12.0. The molecule has 21 heavy (non-hydrogen) atoms. The van der Waals surface area contributed by atoms with E-state index in [1.165, 1.54) is 19.2 Å². The Labute approximate surface area is 123 Å². The Morgan fingerprint density at radius 1 is 1.14 bits per heavy atom. The topological polar surface area (TPSA) is 18.5 Å². The summed E-state index contributed by atoms with van der Waals surface area (Å²) in [7, 11) is 1.35. The molecule has 0 heterocycles. The highest BCUT2D eigenvalue weighted by molar-refractivity contribution is 6.74. The first-order valence-electron chi connectivity index (χ1n) is 7.22. The van der Waals surface area contributed by atoms with Crippen molar-refractivity contribution in [2.75, 3.05) is 7.11 Å². The second-order valence-electron chi connectivity index (χ2n) is 5.20. The molecule has 1 unspecified atom stereocenters. The maximum Gasteiger partial charge on any atom is 0.513 e. The molecule has 116 valence electrons. The summed E-state index contributed by atoms with van der Waals surface area (Å²) in [6.07, 6.45) is 8.45. The first-order valence-corrected chi connectivity index (χ1v) is 7.22. The van der Waals surface area contributed by atoms with E-state index in [1.807, 2.05) is 12.2 Å². The molecule has 2 nitrogen and oxygen atoms in total. The number of halogens is 3. The minimum atomic E-state index is -5.14. The molecule has 6 heteroatoms. The summed E-state index contributed by atoms with van der Waals surface area (Å²) in [6, 6.07) is 3.84. The van der Waals surface area contributed by atoms with E-state index in [0.717, 1.165) is 38.2 Å². The predicted octanol–water partition coefficient (Wildman–Crippen LogP) is 4.02. The lowest BCUT2D eigenvalue weighted by Crippen LogP contribution is -2.36. The van der Waals surface area contributed by atoms with E-state index in [-0.39, 0.29) is 17.6 Å². The monoisotopic (exact) mass is 299 g/mol. The highest BCUT2D eigenvalue weighted by atomic mass is 19.4. The van der Waals surface area contributed by atoms with Gasteiger partial charge in [0, 0.05) is 0 Å². The molecule has 1 aromatic rings. The van der Waals surface area contributed by atoms with Crippen LogP contribution in [0.1, 0.15) is 32.1 Å². The van der Waals surface area contributed by atoms with Crippen LogP contribution in [0.15, 0.2) is 30.4 Å². The Bertz CT molecular complexity index is 500. The second-order valence-corrected chi connectivity index (χ2v) is 5.20. The Hall–Kier alpha value is -1.59. The van der Waals surface area contributed by atoms with Gasteiger partial charge in [0.25, 0.3) is 0 Å². The largest absolute Gasteiger partial charge is 0.513 e. The van der Waals surface area contributed by atoms with Crippen molar-refractivity contribution in [1.82, 2.24) is 0 Å². The number of methoxy groups -OCH3 is 1. The molecule has 1 atom stereocenters. The Balaban J connectivity index is 2.23. The van der Waals surface area contributed by atoms with Gasteiger partial charge in [0.15, 0.2) is 0 Å². The van der Waals surface area contributed by atoms with Crippen molar-refractivity contribution in [3.05, 3.63) is 30.4 Å². The average molecular weight is 299 g/mol. The van der Waals surface area contributed by atoms with Gasteiger partial charge < -0.3 is 22.4 Å². The molecule has 0 saturated heterocycles. The van der Waals surface area contributed by atoms with Crippen LogP contribution in [0.2, 0.25) is 0 Å². The molecule has 1 aliphatic rings. The Morgan fingerprint density at radius 2 is 1.95 bits per heavy atom. The molecule has 0 radical (unpaired) electrons. The molecule has 0 bridgehead atoms. The lowest BCUT2D eigenvalue weighted by molar-refractivity contribution is 0.232. The van der Waals surface area contributed by atoms with Crippen molar-refractivity contribution in [3.63, 3.8) is 0 Å². The molecule has 0 amide bonds. The number of allylic oxidation sites excluding steroid dienone is 1. The number of hydrogen-bond acceptors (Lipinski definition) is 2. The van der Waals surface area contributed by atoms with Gasteiger partial charge >= 0.3 is 6.98 Å². The van der Waals surface area contributed by atoms with Crippen LogP contribution in [0, 0.1) is 0 Å². The molecule has 0 aromatic heterocycles. The van der Waals surface area contributed by atoms with E-state index in [0.29, 0.717) is 0 Å². The fourth-order valence-electron chi connectivity index (χ4n) is 2.41. The van der Waals surface area contributed by atoms with Crippen LogP contribution in [0.3, 0.4) is 0 Å². The average Bonchev–Trinajstić information content (AvgIpc) is 2.40. The van der Waals surface area contributed by atoms with Gasteiger partial charge in [-0.15, -0.1) is 0 Å². The zero-order chi connectivity index (χ0) is 15.3. The maximum atomic E-state index is 13.2. The SMILES string of the molecule is COc1ccc(OC2/C=C/CCCCC2)c([B-](F)(F)F)c1. The summed E-state index contributed by atoms with van der Waals surface area (Å²) in [6.45, 7) is -5.14. The van der Waals surface area contributed by atoms with E-state index in [1.54, 1.807) is 0 Å². The van der Waals surface area contributed by atoms with E-state index in [2.05, 4.69) is 0 Å². The maximum absolute atomic E-state index is 13.2. The zero-order valence-corrected chi connectivity index (χ0v) is 12.0. The summed E-state index contributed by atoms with van der Waals surface area (Å²) in [5.74, 6) is 0.0725. The summed E-state index contributed by atoms with van der Waals surface area (Å²) < 4.78 is 50.0. The van der Waals surface area contributed by atoms with E-state index in [9.17, 15) is 12.9 Å². The Morgan fingerprint density at radius 3 is 2.67 bits per heavy atom. The molecule has 0 saturated carbocycles. The third-order valence-corrected chi connectivity index (χ3v) is 3.56. The smallest absolute Gasteiger partial charge is 0.497 e. The third-order valence-electron chi connectivity index (χ3n) is 3.56. The predicted molar refractivity (Wildman–Crippen MR) is 78.3 cm³/mol. The Kier molecular flexibility index (Phi) is 5.20.